The monoisotopic (exact) mass is 192 g/mol. The highest BCUT2D eigenvalue weighted by Crippen LogP contribution is 1.85. The molecule has 0 spiro atoms. The highest BCUT2D eigenvalue weighted by Gasteiger charge is 2.01. The normalized spacial score (nSPS) is 10.7. The zero-order chi connectivity index (χ0) is 10.1. The van der Waals surface area contributed by atoms with E-state index in [0.717, 1.165) is 6.54 Å². The summed E-state index contributed by atoms with van der Waals surface area (Å²) in [5.74, 6) is -0.788. The molecular weight excluding hydrogens is 175 g/mol. The number of aliphatic carboxylic acids is 1. The summed E-state index contributed by atoms with van der Waals surface area (Å²) in [6, 6.07) is 0. The van der Waals surface area contributed by atoms with Gasteiger partial charge in [-0.1, -0.05) is 0 Å². The first-order valence-corrected chi connectivity index (χ1v) is 4.34. The standard InChI is InChI=1S/C8H17FN2O2/c1-11(6-2-8(12)13)7-5-10-4-3-9/h10H,2-7H2,1H3,(H,12,13). The second-order valence-electron chi connectivity index (χ2n) is 2.89. The lowest BCUT2D eigenvalue weighted by molar-refractivity contribution is -0.137. The molecule has 0 aliphatic carbocycles. The van der Waals surface area contributed by atoms with Crippen molar-refractivity contribution in [3.05, 3.63) is 0 Å². The van der Waals surface area contributed by atoms with Crippen LogP contribution >= 0.6 is 0 Å². The maximum atomic E-state index is 11.6. The molecule has 0 atom stereocenters. The fraction of sp³-hybridized carbons (Fsp3) is 0.875. The third kappa shape index (κ3) is 9.23. The van der Waals surface area contributed by atoms with Gasteiger partial charge in [-0.25, -0.2) is 4.39 Å². The van der Waals surface area contributed by atoms with Gasteiger partial charge in [0.1, 0.15) is 6.67 Å². The summed E-state index contributed by atoms with van der Waals surface area (Å²) in [5, 5.41) is 11.3. The first kappa shape index (κ1) is 12.3. The van der Waals surface area contributed by atoms with E-state index < -0.39 is 5.97 Å². The fourth-order valence-electron chi connectivity index (χ4n) is 0.860. The van der Waals surface area contributed by atoms with E-state index in [9.17, 15) is 9.18 Å². The van der Waals surface area contributed by atoms with Crippen molar-refractivity contribution in [1.29, 1.82) is 0 Å². The van der Waals surface area contributed by atoms with Crippen LogP contribution in [-0.2, 0) is 4.79 Å². The van der Waals surface area contributed by atoms with Gasteiger partial charge in [0.05, 0.1) is 6.42 Å². The molecule has 0 aromatic heterocycles. The lowest BCUT2D eigenvalue weighted by atomic mass is 10.4. The third-order valence-corrected chi connectivity index (χ3v) is 1.65. The first-order valence-electron chi connectivity index (χ1n) is 4.34. The van der Waals surface area contributed by atoms with Gasteiger partial charge in [0.2, 0.25) is 0 Å². The van der Waals surface area contributed by atoms with E-state index in [1.54, 1.807) is 0 Å². The SMILES string of the molecule is CN(CCNCCF)CCC(=O)O. The van der Waals surface area contributed by atoms with Crippen LogP contribution < -0.4 is 5.32 Å². The Balaban J connectivity index is 3.19. The van der Waals surface area contributed by atoms with Crippen LogP contribution in [0, 0.1) is 0 Å². The van der Waals surface area contributed by atoms with Crippen molar-refractivity contribution >= 4 is 5.97 Å². The van der Waals surface area contributed by atoms with Crippen molar-refractivity contribution in [1.82, 2.24) is 10.2 Å². The van der Waals surface area contributed by atoms with Crippen LogP contribution in [0.4, 0.5) is 4.39 Å². The summed E-state index contributed by atoms with van der Waals surface area (Å²) in [7, 11) is 1.85. The quantitative estimate of drug-likeness (QED) is 0.529. The van der Waals surface area contributed by atoms with Crippen LogP contribution in [0.15, 0.2) is 0 Å². The van der Waals surface area contributed by atoms with Gasteiger partial charge in [0.25, 0.3) is 0 Å². The average molecular weight is 192 g/mol. The molecule has 13 heavy (non-hydrogen) atoms. The molecule has 0 bridgehead atoms. The van der Waals surface area contributed by atoms with Gasteiger partial charge in [-0.05, 0) is 7.05 Å². The average Bonchev–Trinajstić information content (AvgIpc) is 2.09. The smallest absolute Gasteiger partial charge is 0.304 e. The van der Waals surface area contributed by atoms with Crippen molar-refractivity contribution < 1.29 is 14.3 Å². The number of halogens is 1. The van der Waals surface area contributed by atoms with Gasteiger partial charge < -0.3 is 15.3 Å². The number of hydrogen-bond acceptors (Lipinski definition) is 3. The molecule has 0 saturated heterocycles. The van der Waals surface area contributed by atoms with Crippen molar-refractivity contribution in [2.24, 2.45) is 0 Å². The molecule has 0 fully saturated rings. The Bertz CT molecular complexity index is 144. The van der Waals surface area contributed by atoms with E-state index in [1.807, 2.05) is 11.9 Å². The van der Waals surface area contributed by atoms with E-state index in [1.165, 1.54) is 0 Å². The number of likely N-dealkylation sites (N-methyl/N-ethyl adjacent to an activating group) is 1. The summed E-state index contributed by atoms with van der Waals surface area (Å²) in [6.07, 6.45) is 0.152. The molecule has 0 rings (SSSR count). The zero-order valence-corrected chi connectivity index (χ0v) is 7.92. The van der Waals surface area contributed by atoms with Gasteiger partial charge in [-0.15, -0.1) is 0 Å². The van der Waals surface area contributed by atoms with Crippen LogP contribution in [0.2, 0.25) is 0 Å². The molecule has 0 aliphatic rings. The molecule has 0 aromatic rings. The van der Waals surface area contributed by atoms with Gasteiger partial charge in [0.15, 0.2) is 0 Å². The van der Waals surface area contributed by atoms with E-state index in [0.29, 0.717) is 19.6 Å². The summed E-state index contributed by atoms with van der Waals surface area (Å²) in [5.41, 5.74) is 0. The lowest BCUT2D eigenvalue weighted by Crippen LogP contribution is -2.31. The number of carboxylic acids is 1. The number of rotatable bonds is 8. The molecule has 0 unspecified atom stereocenters. The minimum atomic E-state index is -0.788. The van der Waals surface area contributed by atoms with Crippen LogP contribution in [0.1, 0.15) is 6.42 Å². The molecule has 0 aromatic carbocycles. The number of nitrogens with one attached hydrogen (secondary N) is 1. The molecule has 0 heterocycles. The van der Waals surface area contributed by atoms with Crippen molar-refractivity contribution in [3.8, 4) is 0 Å². The Morgan fingerprint density at radius 1 is 1.46 bits per heavy atom. The van der Waals surface area contributed by atoms with E-state index in [4.69, 9.17) is 5.11 Å². The highest BCUT2D eigenvalue weighted by atomic mass is 19.1. The van der Waals surface area contributed by atoms with Crippen molar-refractivity contribution in [3.63, 3.8) is 0 Å². The minimum absolute atomic E-state index is 0.152. The molecule has 4 nitrogen and oxygen atoms in total. The van der Waals surface area contributed by atoms with Crippen molar-refractivity contribution in [2.75, 3.05) is 39.9 Å². The molecule has 0 radical (unpaired) electrons. The largest absolute Gasteiger partial charge is 0.481 e. The zero-order valence-electron chi connectivity index (χ0n) is 7.92. The highest BCUT2D eigenvalue weighted by molar-refractivity contribution is 5.66. The maximum absolute atomic E-state index is 11.6. The van der Waals surface area contributed by atoms with Crippen LogP contribution in [0.3, 0.4) is 0 Å². The molecule has 5 heteroatoms. The molecule has 0 amide bonds. The van der Waals surface area contributed by atoms with Gasteiger partial charge >= 0.3 is 5.97 Å². The Hall–Kier alpha value is -0.680. The molecule has 0 saturated carbocycles. The topological polar surface area (TPSA) is 52.6 Å². The fourth-order valence-corrected chi connectivity index (χ4v) is 0.860. The molecular formula is C8H17FN2O2. The predicted molar refractivity (Wildman–Crippen MR) is 48.6 cm³/mol. The van der Waals surface area contributed by atoms with Gasteiger partial charge in [-0.2, -0.15) is 0 Å². The Morgan fingerprint density at radius 2 is 2.15 bits per heavy atom. The minimum Gasteiger partial charge on any atom is -0.481 e. The van der Waals surface area contributed by atoms with Crippen molar-refractivity contribution in [2.45, 2.75) is 6.42 Å². The van der Waals surface area contributed by atoms with E-state index >= 15 is 0 Å². The van der Waals surface area contributed by atoms with Crippen LogP contribution in [0.25, 0.3) is 0 Å². The van der Waals surface area contributed by atoms with Gasteiger partial charge in [-0.3, -0.25) is 4.79 Å². The Kier molecular flexibility index (Phi) is 7.53. The lowest BCUT2D eigenvalue weighted by Gasteiger charge is -2.14. The molecule has 2 N–H and O–H groups in total. The summed E-state index contributed by atoms with van der Waals surface area (Å²) in [6.45, 7) is 1.98. The van der Waals surface area contributed by atoms with E-state index in [-0.39, 0.29) is 13.1 Å². The second kappa shape index (κ2) is 7.94. The number of carboxylic acid groups (broad SMARTS) is 1. The Labute approximate surface area is 77.7 Å². The van der Waals surface area contributed by atoms with Crippen LogP contribution in [-0.4, -0.2) is 55.9 Å². The summed E-state index contributed by atoms with van der Waals surface area (Å²) < 4.78 is 11.6. The number of carbonyl (C=O) groups is 1. The Morgan fingerprint density at radius 3 is 2.69 bits per heavy atom. The summed E-state index contributed by atoms with van der Waals surface area (Å²) in [4.78, 5) is 12.1. The number of hydrogen-bond donors (Lipinski definition) is 2. The number of alkyl halides is 1. The number of nitrogens with zero attached hydrogens (tertiary/aromatic N) is 1. The summed E-state index contributed by atoms with van der Waals surface area (Å²) >= 11 is 0. The maximum Gasteiger partial charge on any atom is 0.304 e. The van der Waals surface area contributed by atoms with E-state index in [2.05, 4.69) is 5.32 Å². The van der Waals surface area contributed by atoms with Crippen LogP contribution in [0.5, 0.6) is 0 Å². The van der Waals surface area contributed by atoms with Gasteiger partial charge in [0, 0.05) is 26.2 Å². The third-order valence-electron chi connectivity index (χ3n) is 1.65. The second-order valence-corrected chi connectivity index (χ2v) is 2.89. The molecule has 0 aliphatic heterocycles. The first-order chi connectivity index (χ1) is 6.16. The molecule has 78 valence electrons. The predicted octanol–water partition coefficient (Wildman–Crippen LogP) is -0.0480.